The van der Waals surface area contributed by atoms with Gasteiger partial charge in [0.15, 0.2) is 17.5 Å². The third-order valence-corrected chi connectivity index (χ3v) is 9.54. The number of benzene rings is 2. The number of anilines is 1. The van der Waals surface area contributed by atoms with Gasteiger partial charge in [-0.25, -0.2) is 18.2 Å². The van der Waals surface area contributed by atoms with E-state index in [2.05, 4.69) is 31.0 Å². The second-order valence-electron chi connectivity index (χ2n) is 12.0. The largest absolute Gasteiger partial charge is 0.508 e. The number of fused-ring (bicyclic) bond motifs is 4. The van der Waals surface area contributed by atoms with Crippen molar-refractivity contribution < 1.29 is 27.8 Å². The van der Waals surface area contributed by atoms with E-state index in [1.165, 1.54) is 12.1 Å². The van der Waals surface area contributed by atoms with Crippen LogP contribution in [0.15, 0.2) is 18.2 Å². The monoisotopic (exact) mass is 632 g/mol. The van der Waals surface area contributed by atoms with E-state index in [0.717, 1.165) is 44.8 Å². The van der Waals surface area contributed by atoms with Crippen LogP contribution in [0.25, 0.3) is 32.9 Å². The van der Waals surface area contributed by atoms with Crippen molar-refractivity contribution in [2.45, 2.75) is 51.1 Å². The molecule has 4 aromatic rings. The third kappa shape index (κ3) is 4.75. The van der Waals surface area contributed by atoms with Crippen molar-refractivity contribution in [3.05, 3.63) is 41.2 Å². The number of halogens is 3. The van der Waals surface area contributed by atoms with Crippen molar-refractivity contribution in [2.24, 2.45) is 0 Å². The summed E-state index contributed by atoms with van der Waals surface area (Å²) < 4.78 is 58.6. The van der Waals surface area contributed by atoms with Gasteiger partial charge >= 0.3 is 6.01 Å². The van der Waals surface area contributed by atoms with Crippen molar-refractivity contribution in [1.82, 2.24) is 25.2 Å². The van der Waals surface area contributed by atoms with Crippen LogP contribution in [-0.4, -0.2) is 82.5 Å². The molecule has 6 heterocycles. The van der Waals surface area contributed by atoms with Gasteiger partial charge in [-0.1, -0.05) is 19.8 Å². The van der Waals surface area contributed by atoms with Crippen LogP contribution in [0.3, 0.4) is 0 Å². The fourth-order valence-electron chi connectivity index (χ4n) is 7.48. The first-order chi connectivity index (χ1) is 22.4. The van der Waals surface area contributed by atoms with E-state index in [9.17, 15) is 13.9 Å². The van der Waals surface area contributed by atoms with E-state index in [1.54, 1.807) is 0 Å². The minimum absolute atomic E-state index is 0.0243. The van der Waals surface area contributed by atoms with Gasteiger partial charge in [-0.3, -0.25) is 4.90 Å². The number of phenolic OH excluding ortho intramolecular Hbond substituents is 1. The molecule has 2 aromatic carbocycles. The van der Waals surface area contributed by atoms with E-state index in [4.69, 9.17) is 20.9 Å². The van der Waals surface area contributed by atoms with Gasteiger partial charge in [0.2, 0.25) is 5.88 Å². The van der Waals surface area contributed by atoms with Crippen LogP contribution in [0.2, 0.25) is 0 Å². The maximum Gasteiger partial charge on any atom is 0.319 e. The summed E-state index contributed by atoms with van der Waals surface area (Å²) in [5.41, 5.74) is -0.871. The molecular weight excluding hydrogens is 597 g/mol. The molecule has 4 aliphatic rings. The molecule has 0 radical (unpaired) electrons. The molecule has 0 unspecified atom stereocenters. The van der Waals surface area contributed by atoms with Crippen LogP contribution in [0.1, 0.15) is 45.1 Å². The summed E-state index contributed by atoms with van der Waals surface area (Å²) in [5, 5.41) is 14.3. The number of nitrogens with one attached hydrogen (secondary N) is 1. The van der Waals surface area contributed by atoms with Crippen LogP contribution in [0.4, 0.5) is 19.0 Å². The zero-order chi connectivity index (χ0) is 32.2. The van der Waals surface area contributed by atoms with Crippen LogP contribution in [0, 0.1) is 29.8 Å². The van der Waals surface area contributed by atoms with Crippen LogP contribution in [0.5, 0.6) is 17.6 Å². The molecule has 4 aliphatic heterocycles. The molecule has 3 saturated heterocycles. The minimum atomic E-state index is -1.25. The van der Waals surface area contributed by atoms with Gasteiger partial charge < -0.3 is 24.8 Å². The number of terminal acetylenes is 1. The fourth-order valence-corrected chi connectivity index (χ4v) is 7.48. The summed E-state index contributed by atoms with van der Waals surface area (Å²) in [4.78, 5) is 18.5. The molecule has 46 heavy (non-hydrogen) atoms. The summed E-state index contributed by atoms with van der Waals surface area (Å²) in [6.07, 6.45) is 9.84. The molecule has 3 fully saturated rings. The number of aromatic hydroxyl groups is 1. The first-order valence-corrected chi connectivity index (χ1v) is 15.9. The molecule has 0 spiro atoms. The van der Waals surface area contributed by atoms with Crippen LogP contribution in [-0.2, 0) is 0 Å². The lowest BCUT2D eigenvalue weighted by molar-refractivity contribution is 0.108. The molecule has 12 heteroatoms. The summed E-state index contributed by atoms with van der Waals surface area (Å²) in [6.45, 7) is 8.61. The minimum Gasteiger partial charge on any atom is -0.508 e. The average molecular weight is 633 g/mol. The highest BCUT2D eigenvalue weighted by Gasteiger charge is 2.45. The lowest BCUT2D eigenvalue weighted by Gasteiger charge is -2.35. The standard InChI is InChI=1S/C32H29F3N6O3.C2H6/c1-2-20-23-17(12-22(33)25(20)34)11-19(42)13-21(23)27-26(35)28-24-29(41-10-7-36-14-18(41)15-43-30(24)37-27)39-31(38-28)44-16-32-5-3-8-40(32)9-4-6-32;1-2/h1,11-13,18,36,42H,3-10,14-16H2;1-2H3/t18-;/m0./s1. The van der Waals surface area contributed by atoms with Crippen molar-refractivity contribution in [3.63, 3.8) is 0 Å². The number of phenols is 1. The Morgan fingerprint density at radius 3 is 2.61 bits per heavy atom. The Kier molecular flexibility index (Phi) is 7.77. The Bertz CT molecular complexity index is 1890. The second-order valence-corrected chi connectivity index (χ2v) is 12.0. The summed E-state index contributed by atoms with van der Waals surface area (Å²) in [7, 11) is 0. The highest BCUT2D eigenvalue weighted by Crippen LogP contribution is 2.44. The van der Waals surface area contributed by atoms with E-state index in [1.807, 2.05) is 13.8 Å². The second kappa shape index (κ2) is 11.8. The van der Waals surface area contributed by atoms with E-state index >= 15 is 4.39 Å². The number of pyridine rings is 1. The third-order valence-electron chi connectivity index (χ3n) is 9.54. The Balaban J connectivity index is 0.00000166. The van der Waals surface area contributed by atoms with Gasteiger partial charge in [0.05, 0.1) is 17.1 Å². The molecule has 9 nitrogen and oxygen atoms in total. The van der Waals surface area contributed by atoms with Crippen molar-refractivity contribution >= 4 is 27.5 Å². The molecule has 2 N–H and O–H groups in total. The van der Waals surface area contributed by atoms with E-state index in [0.29, 0.717) is 37.4 Å². The molecule has 240 valence electrons. The number of piperazine rings is 1. The number of hydrogen-bond acceptors (Lipinski definition) is 9. The maximum absolute atomic E-state index is 16.8. The van der Waals surface area contributed by atoms with E-state index in [-0.39, 0.29) is 63.4 Å². The summed E-state index contributed by atoms with van der Waals surface area (Å²) in [5.74, 6) is -0.850. The molecule has 8 rings (SSSR count). The zero-order valence-corrected chi connectivity index (χ0v) is 25.8. The highest BCUT2D eigenvalue weighted by atomic mass is 19.2. The highest BCUT2D eigenvalue weighted by molar-refractivity contribution is 6.04. The molecule has 0 aliphatic carbocycles. The van der Waals surface area contributed by atoms with Gasteiger partial charge in [-0.05, 0) is 62.4 Å². The number of rotatable bonds is 4. The topological polar surface area (TPSA) is 95.9 Å². The first kappa shape index (κ1) is 30.3. The molecule has 2 aromatic heterocycles. The van der Waals surface area contributed by atoms with Crippen LogP contribution < -0.4 is 19.7 Å². The quantitative estimate of drug-likeness (QED) is 0.296. The molecule has 0 bridgehead atoms. The molecular formula is C34H35F3N6O3. The van der Waals surface area contributed by atoms with E-state index < -0.39 is 23.0 Å². The van der Waals surface area contributed by atoms with Crippen molar-refractivity contribution in [1.29, 1.82) is 0 Å². The van der Waals surface area contributed by atoms with Gasteiger partial charge in [-0.15, -0.1) is 6.42 Å². The Hall–Kier alpha value is -4.34. The molecule has 1 atom stereocenters. The van der Waals surface area contributed by atoms with Crippen molar-refractivity contribution in [3.8, 4) is 41.2 Å². The van der Waals surface area contributed by atoms with Crippen molar-refractivity contribution in [2.75, 3.05) is 50.8 Å². The number of aromatic nitrogens is 3. The lowest BCUT2D eigenvalue weighted by atomic mass is 9.95. The Labute approximate surface area is 264 Å². The number of nitrogens with zero attached hydrogens (tertiary/aromatic N) is 5. The molecule has 0 saturated carbocycles. The predicted molar refractivity (Wildman–Crippen MR) is 169 cm³/mol. The first-order valence-electron chi connectivity index (χ1n) is 15.9. The lowest BCUT2D eigenvalue weighted by Crippen LogP contribution is -2.53. The number of hydrogen-bond donors (Lipinski definition) is 2. The summed E-state index contributed by atoms with van der Waals surface area (Å²) in [6, 6.07) is 3.30. The Morgan fingerprint density at radius 2 is 1.85 bits per heavy atom. The Morgan fingerprint density at radius 1 is 1.07 bits per heavy atom. The van der Waals surface area contributed by atoms with Gasteiger partial charge in [-0.2, -0.15) is 9.97 Å². The van der Waals surface area contributed by atoms with Gasteiger partial charge in [0.1, 0.15) is 41.4 Å². The molecule has 0 amide bonds. The smallest absolute Gasteiger partial charge is 0.319 e. The normalized spacial score (nSPS) is 19.9. The average Bonchev–Trinajstić information content (AvgIpc) is 3.61. The number of ether oxygens (including phenoxy) is 2. The SMILES string of the molecule is C#Cc1c(F)c(F)cc2cc(O)cc(-c3nc4c5c(nc(OCC67CCCN6CCC7)nc5c3F)N3CCNC[C@H]3CO4)c12.CC. The maximum atomic E-state index is 16.8. The van der Waals surface area contributed by atoms with Gasteiger partial charge in [0, 0.05) is 30.6 Å². The van der Waals surface area contributed by atoms with Crippen LogP contribution >= 0.6 is 0 Å². The zero-order valence-electron chi connectivity index (χ0n) is 25.8. The predicted octanol–water partition coefficient (Wildman–Crippen LogP) is 5.15. The van der Waals surface area contributed by atoms with Gasteiger partial charge in [0.25, 0.3) is 0 Å². The fraction of sp³-hybridized carbons (Fsp3) is 0.441. The summed E-state index contributed by atoms with van der Waals surface area (Å²) >= 11 is 0.